The van der Waals surface area contributed by atoms with Gasteiger partial charge in [-0.25, -0.2) is 0 Å². The van der Waals surface area contributed by atoms with Gasteiger partial charge in [0.2, 0.25) is 0 Å². The topological polar surface area (TPSA) is 35.2 Å². The maximum absolute atomic E-state index is 6.37. The molecule has 1 fully saturated rings. The molecule has 3 unspecified atom stereocenters. The van der Waals surface area contributed by atoms with Gasteiger partial charge in [0.05, 0.1) is 7.11 Å². The molecular formula is C18H29NO. The van der Waals surface area contributed by atoms with Crippen molar-refractivity contribution in [2.24, 2.45) is 17.6 Å². The first kappa shape index (κ1) is 15.4. The van der Waals surface area contributed by atoms with Gasteiger partial charge in [-0.15, -0.1) is 0 Å². The molecule has 1 saturated carbocycles. The minimum atomic E-state index is 0.355. The van der Waals surface area contributed by atoms with Crippen molar-refractivity contribution < 1.29 is 4.74 Å². The van der Waals surface area contributed by atoms with Gasteiger partial charge >= 0.3 is 0 Å². The summed E-state index contributed by atoms with van der Waals surface area (Å²) in [4.78, 5) is 0. The summed E-state index contributed by atoms with van der Waals surface area (Å²) in [6.45, 7) is 4.43. The molecule has 2 nitrogen and oxygen atoms in total. The quantitative estimate of drug-likeness (QED) is 0.878. The van der Waals surface area contributed by atoms with Gasteiger partial charge < -0.3 is 10.5 Å². The lowest BCUT2D eigenvalue weighted by molar-refractivity contribution is 0.220. The average molecular weight is 275 g/mol. The monoisotopic (exact) mass is 275 g/mol. The van der Waals surface area contributed by atoms with Gasteiger partial charge in [-0.1, -0.05) is 37.5 Å². The van der Waals surface area contributed by atoms with Crippen LogP contribution in [0, 0.1) is 18.8 Å². The molecule has 112 valence electrons. The van der Waals surface area contributed by atoms with Crippen LogP contribution in [0.2, 0.25) is 0 Å². The largest absolute Gasteiger partial charge is 0.496 e. The zero-order valence-corrected chi connectivity index (χ0v) is 13.2. The second kappa shape index (κ2) is 7.12. The number of aryl methyl sites for hydroxylation is 1. The first-order valence-corrected chi connectivity index (χ1v) is 8.03. The smallest absolute Gasteiger partial charge is 0.122 e. The Morgan fingerprint density at radius 2 is 2.10 bits per heavy atom. The Morgan fingerprint density at radius 3 is 2.80 bits per heavy atom. The standard InChI is InChI=1S/C18H29NO/c1-4-5-14-7-8-17(19)15(11-14)12-16-10-13(2)6-9-18(16)20-3/h6,9-10,14-15,17H,4-5,7-8,11-12,19H2,1-3H3. The Hall–Kier alpha value is -1.02. The number of nitrogens with two attached hydrogens (primary N) is 1. The third kappa shape index (κ3) is 3.76. The fourth-order valence-electron chi connectivity index (χ4n) is 3.64. The summed E-state index contributed by atoms with van der Waals surface area (Å²) < 4.78 is 5.51. The van der Waals surface area contributed by atoms with Crippen molar-refractivity contribution in [3.63, 3.8) is 0 Å². The lowest BCUT2D eigenvalue weighted by atomic mass is 9.74. The second-order valence-corrected chi connectivity index (χ2v) is 6.41. The van der Waals surface area contributed by atoms with Crippen LogP contribution in [-0.2, 0) is 6.42 Å². The molecule has 0 amide bonds. The molecule has 0 radical (unpaired) electrons. The summed E-state index contributed by atoms with van der Waals surface area (Å²) in [6, 6.07) is 6.81. The molecule has 0 spiro atoms. The Balaban J connectivity index is 2.09. The highest BCUT2D eigenvalue weighted by Gasteiger charge is 2.28. The molecule has 2 heteroatoms. The van der Waals surface area contributed by atoms with E-state index in [4.69, 9.17) is 10.5 Å². The molecular weight excluding hydrogens is 246 g/mol. The van der Waals surface area contributed by atoms with Gasteiger partial charge in [-0.2, -0.15) is 0 Å². The average Bonchev–Trinajstić information content (AvgIpc) is 2.43. The van der Waals surface area contributed by atoms with E-state index in [0.717, 1.165) is 18.1 Å². The Morgan fingerprint density at radius 1 is 1.30 bits per heavy atom. The van der Waals surface area contributed by atoms with E-state index in [2.05, 4.69) is 32.0 Å². The van der Waals surface area contributed by atoms with E-state index in [0.29, 0.717) is 12.0 Å². The van der Waals surface area contributed by atoms with Crippen LogP contribution >= 0.6 is 0 Å². The first-order chi connectivity index (χ1) is 9.63. The lowest BCUT2D eigenvalue weighted by Crippen LogP contribution is -2.37. The van der Waals surface area contributed by atoms with Crippen molar-refractivity contribution in [3.8, 4) is 5.75 Å². The van der Waals surface area contributed by atoms with E-state index in [1.807, 2.05) is 0 Å². The zero-order chi connectivity index (χ0) is 14.5. The van der Waals surface area contributed by atoms with Crippen LogP contribution in [0.15, 0.2) is 18.2 Å². The van der Waals surface area contributed by atoms with Crippen LogP contribution in [-0.4, -0.2) is 13.2 Å². The number of methoxy groups -OCH3 is 1. The summed E-state index contributed by atoms with van der Waals surface area (Å²) in [5, 5.41) is 0. The van der Waals surface area contributed by atoms with Gasteiger partial charge in [-0.3, -0.25) is 0 Å². The summed E-state index contributed by atoms with van der Waals surface area (Å²) in [5.74, 6) is 2.50. The van der Waals surface area contributed by atoms with E-state index >= 15 is 0 Å². The van der Waals surface area contributed by atoms with Gasteiger partial charge in [0.25, 0.3) is 0 Å². The summed E-state index contributed by atoms with van der Waals surface area (Å²) in [5.41, 5.74) is 9.00. The molecule has 0 saturated heterocycles. The molecule has 0 bridgehead atoms. The third-order valence-corrected chi connectivity index (χ3v) is 4.76. The van der Waals surface area contributed by atoms with Gasteiger partial charge in [-0.05, 0) is 56.1 Å². The van der Waals surface area contributed by atoms with E-state index < -0.39 is 0 Å². The van der Waals surface area contributed by atoms with Crippen LogP contribution in [0.25, 0.3) is 0 Å². The predicted octanol–water partition coefficient (Wildman–Crippen LogP) is 4.09. The molecule has 1 aromatic rings. The molecule has 1 aliphatic rings. The van der Waals surface area contributed by atoms with Crippen molar-refractivity contribution in [2.75, 3.05) is 7.11 Å². The highest BCUT2D eigenvalue weighted by Crippen LogP contribution is 2.35. The molecule has 20 heavy (non-hydrogen) atoms. The summed E-state index contributed by atoms with van der Waals surface area (Å²) in [7, 11) is 1.76. The van der Waals surface area contributed by atoms with Crippen LogP contribution in [0.1, 0.15) is 50.2 Å². The number of ether oxygens (including phenoxy) is 1. The van der Waals surface area contributed by atoms with Crippen LogP contribution < -0.4 is 10.5 Å². The zero-order valence-electron chi connectivity index (χ0n) is 13.2. The van der Waals surface area contributed by atoms with Gasteiger partial charge in [0.15, 0.2) is 0 Å². The predicted molar refractivity (Wildman–Crippen MR) is 85.1 cm³/mol. The maximum atomic E-state index is 6.37. The van der Waals surface area contributed by atoms with Crippen LogP contribution in [0.3, 0.4) is 0 Å². The fraction of sp³-hybridized carbons (Fsp3) is 0.667. The minimum Gasteiger partial charge on any atom is -0.496 e. The van der Waals surface area contributed by atoms with Crippen molar-refractivity contribution in [1.82, 2.24) is 0 Å². The molecule has 3 atom stereocenters. The van der Waals surface area contributed by atoms with Crippen molar-refractivity contribution >= 4 is 0 Å². The summed E-state index contributed by atoms with van der Waals surface area (Å²) >= 11 is 0. The molecule has 2 rings (SSSR count). The van der Waals surface area contributed by atoms with Crippen LogP contribution in [0.4, 0.5) is 0 Å². The van der Waals surface area contributed by atoms with Crippen molar-refractivity contribution in [1.29, 1.82) is 0 Å². The molecule has 1 aromatic carbocycles. The van der Waals surface area contributed by atoms with Gasteiger partial charge in [0, 0.05) is 6.04 Å². The molecule has 1 aliphatic carbocycles. The van der Waals surface area contributed by atoms with Gasteiger partial charge in [0.1, 0.15) is 5.75 Å². The summed E-state index contributed by atoms with van der Waals surface area (Å²) in [6.07, 6.45) is 7.49. The number of hydrogen-bond acceptors (Lipinski definition) is 2. The maximum Gasteiger partial charge on any atom is 0.122 e. The Labute approximate surface area is 123 Å². The highest BCUT2D eigenvalue weighted by atomic mass is 16.5. The molecule has 0 heterocycles. The Kier molecular flexibility index (Phi) is 5.47. The second-order valence-electron chi connectivity index (χ2n) is 6.41. The first-order valence-electron chi connectivity index (χ1n) is 8.03. The van der Waals surface area contributed by atoms with E-state index in [-0.39, 0.29) is 0 Å². The fourth-order valence-corrected chi connectivity index (χ4v) is 3.64. The van der Waals surface area contributed by atoms with Crippen LogP contribution in [0.5, 0.6) is 5.75 Å². The van der Waals surface area contributed by atoms with E-state index in [1.165, 1.54) is 43.2 Å². The highest BCUT2D eigenvalue weighted by molar-refractivity contribution is 5.37. The minimum absolute atomic E-state index is 0.355. The molecule has 0 aliphatic heterocycles. The molecule has 2 N–H and O–H groups in total. The SMILES string of the molecule is CCCC1CCC(N)C(Cc2cc(C)ccc2OC)C1. The van der Waals surface area contributed by atoms with E-state index in [1.54, 1.807) is 7.11 Å². The van der Waals surface area contributed by atoms with E-state index in [9.17, 15) is 0 Å². The number of hydrogen-bond donors (Lipinski definition) is 1. The number of benzene rings is 1. The molecule has 0 aromatic heterocycles. The van der Waals surface area contributed by atoms with Crippen molar-refractivity contribution in [2.45, 2.75) is 58.4 Å². The van der Waals surface area contributed by atoms with Crippen molar-refractivity contribution in [3.05, 3.63) is 29.3 Å². The number of rotatable bonds is 5. The third-order valence-electron chi connectivity index (χ3n) is 4.76. The Bertz CT molecular complexity index is 429. The normalized spacial score (nSPS) is 26.5. The lowest BCUT2D eigenvalue weighted by Gasteiger charge is -2.34.